The number of fused-ring (bicyclic) bond motifs is 1. The summed E-state index contributed by atoms with van der Waals surface area (Å²) in [5.41, 5.74) is 0.566. The molecule has 1 saturated heterocycles. The van der Waals surface area contributed by atoms with Crippen LogP contribution in [0.3, 0.4) is 0 Å². The van der Waals surface area contributed by atoms with Gasteiger partial charge in [-0.05, 0) is 26.0 Å². The Morgan fingerprint density at radius 2 is 2.16 bits per heavy atom. The van der Waals surface area contributed by atoms with E-state index in [0.717, 1.165) is 0 Å². The lowest BCUT2D eigenvalue weighted by atomic mass is 10.1. The highest BCUT2D eigenvalue weighted by atomic mass is 16.7. The van der Waals surface area contributed by atoms with Crippen LogP contribution in [0, 0.1) is 0 Å². The zero-order valence-corrected chi connectivity index (χ0v) is 11.1. The molecule has 1 fully saturated rings. The lowest BCUT2D eigenvalue weighted by molar-refractivity contribution is -0.0388. The molecule has 1 aromatic rings. The van der Waals surface area contributed by atoms with Gasteiger partial charge in [0.05, 0.1) is 24.3 Å². The van der Waals surface area contributed by atoms with Crippen molar-refractivity contribution in [1.29, 1.82) is 0 Å². The van der Waals surface area contributed by atoms with Crippen molar-refractivity contribution in [2.24, 2.45) is 0 Å². The Morgan fingerprint density at radius 3 is 3.00 bits per heavy atom. The summed E-state index contributed by atoms with van der Waals surface area (Å²) in [7, 11) is 0. The number of amides is 1. The third kappa shape index (κ3) is 2.14. The van der Waals surface area contributed by atoms with E-state index in [1.54, 1.807) is 6.07 Å². The maximum absolute atomic E-state index is 12.7. The van der Waals surface area contributed by atoms with Gasteiger partial charge in [-0.15, -0.1) is 0 Å². The van der Waals surface area contributed by atoms with E-state index in [2.05, 4.69) is 0 Å². The number of morpholine rings is 1. The standard InChI is InChI=1S/C14H17NO4/c1-9-7-17-10(2)6-15(9)14(16)11-4-3-5-12-13(11)19-8-18-12/h3-5,9-10H,6-8H2,1-2H3/t9-,10-/m1/s1. The quantitative estimate of drug-likeness (QED) is 0.773. The van der Waals surface area contributed by atoms with Crippen LogP contribution in [0.25, 0.3) is 0 Å². The predicted octanol–water partition coefficient (Wildman–Crippen LogP) is 1.66. The monoisotopic (exact) mass is 263 g/mol. The van der Waals surface area contributed by atoms with Crippen molar-refractivity contribution in [1.82, 2.24) is 4.90 Å². The molecule has 0 saturated carbocycles. The Kier molecular flexibility index (Phi) is 3.06. The number of rotatable bonds is 1. The number of benzene rings is 1. The minimum Gasteiger partial charge on any atom is -0.454 e. The van der Waals surface area contributed by atoms with E-state index in [-0.39, 0.29) is 24.8 Å². The highest BCUT2D eigenvalue weighted by Crippen LogP contribution is 2.36. The summed E-state index contributed by atoms with van der Waals surface area (Å²) in [6.07, 6.45) is 0.0640. The first kappa shape index (κ1) is 12.3. The van der Waals surface area contributed by atoms with E-state index in [0.29, 0.717) is 30.2 Å². The summed E-state index contributed by atoms with van der Waals surface area (Å²) >= 11 is 0. The van der Waals surface area contributed by atoms with Crippen molar-refractivity contribution in [2.45, 2.75) is 26.0 Å². The van der Waals surface area contributed by atoms with Crippen LogP contribution in [-0.2, 0) is 4.74 Å². The fourth-order valence-electron chi connectivity index (χ4n) is 2.44. The van der Waals surface area contributed by atoms with Crippen LogP contribution in [-0.4, -0.2) is 42.9 Å². The van der Waals surface area contributed by atoms with Gasteiger partial charge in [-0.3, -0.25) is 4.79 Å². The second kappa shape index (κ2) is 4.74. The molecule has 0 aliphatic carbocycles. The van der Waals surface area contributed by atoms with Gasteiger partial charge in [-0.2, -0.15) is 0 Å². The Labute approximate surface area is 112 Å². The van der Waals surface area contributed by atoms with Crippen molar-refractivity contribution >= 4 is 5.91 Å². The normalized spacial score (nSPS) is 25.5. The largest absolute Gasteiger partial charge is 0.454 e. The van der Waals surface area contributed by atoms with Crippen LogP contribution in [0.2, 0.25) is 0 Å². The van der Waals surface area contributed by atoms with Gasteiger partial charge in [-0.1, -0.05) is 6.07 Å². The molecule has 5 nitrogen and oxygen atoms in total. The molecule has 0 spiro atoms. The smallest absolute Gasteiger partial charge is 0.258 e. The Balaban J connectivity index is 1.90. The highest BCUT2D eigenvalue weighted by Gasteiger charge is 2.31. The molecule has 2 aliphatic rings. The first-order chi connectivity index (χ1) is 9.16. The molecule has 3 rings (SSSR count). The molecule has 2 heterocycles. The first-order valence-electron chi connectivity index (χ1n) is 6.48. The number of para-hydroxylation sites is 1. The van der Waals surface area contributed by atoms with E-state index in [4.69, 9.17) is 14.2 Å². The van der Waals surface area contributed by atoms with Crippen LogP contribution >= 0.6 is 0 Å². The number of hydrogen-bond acceptors (Lipinski definition) is 4. The molecule has 0 bridgehead atoms. The third-order valence-electron chi connectivity index (χ3n) is 3.50. The summed E-state index contributed by atoms with van der Waals surface area (Å²) in [6, 6.07) is 5.48. The second-order valence-corrected chi connectivity index (χ2v) is 4.99. The Bertz CT molecular complexity index is 502. The molecular weight excluding hydrogens is 246 g/mol. The molecule has 5 heteroatoms. The van der Waals surface area contributed by atoms with Crippen molar-refractivity contribution in [3.63, 3.8) is 0 Å². The van der Waals surface area contributed by atoms with Gasteiger partial charge in [0, 0.05) is 6.54 Å². The van der Waals surface area contributed by atoms with Gasteiger partial charge >= 0.3 is 0 Å². The van der Waals surface area contributed by atoms with Gasteiger partial charge in [0.1, 0.15) is 0 Å². The molecular formula is C14H17NO4. The van der Waals surface area contributed by atoms with E-state index in [1.807, 2.05) is 30.9 Å². The number of carbonyl (C=O) groups is 1. The molecule has 0 N–H and O–H groups in total. The number of hydrogen-bond donors (Lipinski definition) is 0. The van der Waals surface area contributed by atoms with Crippen molar-refractivity contribution in [2.75, 3.05) is 19.9 Å². The van der Waals surface area contributed by atoms with Crippen LogP contribution in [0.15, 0.2) is 18.2 Å². The molecule has 19 heavy (non-hydrogen) atoms. The van der Waals surface area contributed by atoms with E-state index >= 15 is 0 Å². The van der Waals surface area contributed by atoms with Gasteiger partial charge < -0.3 is 19.1 Å². The van der Waals surface area contributed by atoms with E-state index in [9.17, 15) is 4.79 Å². The fourth-order valence-corrected chi connectivity index (χ4v) is 2.44. The number of nitrogens with zero attached hydrogens (tertiary/aromatic N) is 1. The second-order valence-electron chi connectivity index (χ2n) is 4.99. The average Bonchev–Trinajstić information content (AvgIpc) is 2.89. The average molecular weight is 263 g/mol. The molecule has 102 valence electrons. The summed E-state index contributed by atoms with van der Waals surface area (Å²) in [5, 5.41) is 0. The maximum Gasteiger partial charge on any atom is 0.258 e. The van der Waals surface area contributed by atoms with Gasteiger partial charge in [-0.25, -0.2) is 0 Å². The summed E-state index contributed by atoms with van der Waals surface area (Å²) in [5.74, 6) is 1.17. The number of ether oxygens (including phenoxy) is 3. The fraction of sp³-hybridized carbons (Fsp3) is 0.500. The number of carbonyl (C=O) groups excluding carboxylic acids is 1. The van der Waals surface area contributed by atoms with Gasteiger partial charge in [0.25, 0.3) is 5.91 Å². The van der Waals surface area contributed by atoms with Crippen molar-refractivity contribution < 1.29 is 19.0 Å². The summed E-state index contributed by atoms with van der Waals surface area (Å²) < 4.78 is 16.3. The van der Waals surface area contributed by atoms with E-state index < -0.39 is 0 Å². The van der Waals surface area contributed by atoms with Crippen LogP contribution < -0.4 is 9.47 Å². The van der Waals surface area contributed by atoms with Gasteiger partial charge in [0.2, 0.25) is 6.79 Å². The SMILES string of the molecule is C[C@@H]1CN(C(=O)c2cccc3c2OCO3)[C@H](C)CO1. The summed E-state index contributed by atoms with van der Waals surface area (Å²) in [4.78, 5) is 14.5. The predicted molar refractivity (Wildman–Crippen MR) is 68.5 cm³/mol. The van der Waals surface area contributed by atoms with Crippen LogP contribution in [0.4, 0.5) is 0 Å². The maximum atomic E-state index is 12.7. The molecule has 0 aromatic heterocycles. The highest BCUT2D eigenvalue weighted by molar-refractivity contribution is 5.98. The Hall–Kier alpha value is -1.75. The van der Waals surface area contributed by atoms with E-state index in [1.165, 1.54) is 0 Å². The lowest BCUT2D eigenvalue weighted by Crippen LogP contribution is -2.50. The lowest BCUT2D eigenvalue weighted by Gasteiger charge is -2.36. The topological polar surface area (TPSA) is 48.0 Å². The first-order valence-corrected chi connectivity index (χ1v) is 6.48. The van der Waals surface area contributed by atoms with Crippen molar-refractivity contribution in [3.05, 3.63) is 23.8 Å². The molecule has 0 radical (unpaired) electrons. The minimum absolute atomic E-state index is 0.0231. The minimum atomic E-state index is -0.0231. The van der Waals surface area contributed by atoms with Crippen LogP contribution in [0.5, 0.6) is 11.5 Å². The zero-order chi connectivity index (χ0) is 13.4. The van der Waals surface area contributed by atoms with Crippen LogP contribution in [0.1, 0.15) is 24.2 Å². The molecule has 1 amide bonds. The Morgan fingerprint density at radius 1 is 1.32 bits per heavy atom. The summed E-state index contributed by atoms with van der Waals surface area (Å²) in [6.45, 7) is 5.31. The molecule has 2 aliphatic heterocycles. The molecule has 1 aromatic carbocycles. The molecule has 2 atom stereocenters. The van der Waals surface area contributed by atoms with Gasteiger partial charge in [0.15, 0.2) is 11.5 Å². The van der Waals surface area contributed by atoms with Crippen molar-refractivity contribution in [3.8, 4) is 11.5 Å². The zero-order valence-electron chi connectivity index (χ0n) is 11.1. The third-order valence-corrected chi connectivity index (χ3v) is 3.50. The molecule has 0 unspecified atom stereocenters.